The van der Waals surface area contributed by atoms with Crippen LogP contribution in [0.3, 0.4) is 0 Å². The average molecular weight is 491 g/mol. The number of aromatic nitrogens is 1. The first-order chi connectivity index (χ1) is 17.4. The molecule has 1 saturated heterocycles. The first-order valence-corrected chi connectivity index (χ1v) is 13.1. The van der Waals surface area contributed by atoms with Crippen LogP contribution in [0.2, 0.25) is 0 Å². The van der Waals surface area contributed by atoms with Crippen LogP contribution >= 0.6 is 0 Å². The van der Waals surface area contributed by atoms with Crippen molar-refractivity contribution >= 4 is 16.9 Å². The lowest BCUT2D eigenvalue weighted by Gasteiger charge is -2.37. The van der Waals surface area contributed by atoms with Crippen LogP contribution in [-0.4, -0.2) is 52.8 Å². The predicted molar refractivity (Wildman–Crippen MR) is 142 cm³/mol. The molecule has 0 spiro atoms. The van der Waals surface area contributed by atoms with Crippen molar-refractivity contribution in [2.75, 3.05) is 26.7 Å². The maximum Gasteiger partial charge on any atom is 0.308 e. The highest BCUT2D eigenvalue weighted by molar-refractivity contribution is 5.83. The second-order valence-electron chi connectivity index (χ2n) is 10.1. The van der Waals surface area contributed by atoms with Gasteiger partial charge < -0.3 is 19.8 Å². The molecule has 2 aromatic carbocycles. The number of rotatable bonds is 11. The third-order valence-electron chi connectivity index (χ3n) is 7.62. The Morgan fingerprint density at radius 2 is 1.97 bits per heavy atom. The lowest BCUT2D eigenvalue weighted by molar-refractivity contribution is -0.146. The molecule has 0 amide bonds. The van der Waals surface area contributed by atoms with Crippen molar-refractivity contribution in [3.63, 3.8) is 0 Å². The number of piperidine rings is 1. The highest BCUT2D eigenvalue weighted by Gasteiger charge is 2.34. The van der Waals surface area contributed by atoms with E-state index in [2.05, 4.69) is 41.1 Å². The van der Waals surface area contributed by atoms with Gasteiger partial charge in [0.2, 0.25) is 0 Å². The highest BCUT2D eigenvalue weighted by atomic mass is 16.5. The van der Waals surface area contributed by atoms with E-state index in [9.17, 15) is 15.0 Å². The van der Waals surface area contributed by atoms with Crippen LogP contribution in [0.1, 0.15) is 54.9 Å². The molecule has 36 heavy (non-hydrogen) atoms. The van der Waals surface area contributed by atoms with Crippen molar-refractivity contribution in [1.29, 1.82) is 0 Å². The lowest BCUT2D eigenvalue weighted by Crippen LogP contribution is -2.44. The third-order valence-corrected chi connectivity index (χ3v) is 7.62. The fourth-order valence-corrected chi connectivity index (χ4v) is 5.41. The van der Waals surface area contributed by atoms with Gasteiger partial charge in [-0.2, -0.15) is 0 Å². The van der Waals surface area contributed by atoms with Gasteiger partial charge in [-0.3, -0.25) is 9.78 Å². The zero-order valence-corrected chi connectivity index (χ0v) is 21.4. The number of carbonyl (C=O) groups is 1. The number of hydrogen-bond acceptors (Lipinski definition) is 5. The van der Waals surface area contributed by atoms with Crippen LogP contribution in [-0.2, 0) is 11.2 Å². The summed E-state index contributed by atoms with van der Waals surface area (Å²) >= 11 is 0. The molecular weight excluding hydrogens is 452 g/mol. The molecule has 1 aliphatic heterocycles. The number of carboxylic acid groups (broad SMARTS) is 1. The van der Waals surface area contributed by atoms with Crippen LogP contribution < -0.4 is 4.74 Å². The number of methoxy groups -OCH3 is 1. The van der Waals surface area contributed by atoms with Crippen molar-refractivity contribution in [1.82, 2.24) is 9.88 Å². The quantitative estimate of drug-likeness (QED) is 0.350. The molecule has 0 unspecified atom stereocenters. The van der Waals surface area contributed by atoms with Gasteiger partial charge in [-0.25, -0.2) is 0 Å². The number of aliphatic hydroxyl groups is 1. The molecule has 3 atom stereocenters. The molecule has 0 bridgehead atoms. The van der Waals surface area contributed by atoms with Crippen molar-refractivity contribution in [2.45, 2.75) is 51.6 Å². The normalized spacial score (nSPS) is 19.3. The van der Waals surface area contributed by atoms with E-state index in [0.717, 1.165) is 61.0 Å². The molecule has 192 valence electrons. The van der Waals surface area contributed by atoms with Crippen molar-refractivity contribution in [3.8, 4) is 5.75 Å². The van der Waals surface area contributed by atoms with E-state index in [4.69, 9.17) is 4.74 Å². The molecule has 0 aliphatic carbocycles. The van der Waals surface area contributed by atoms with Gasteiger partial charge in [0.15, 0.2) is 0 Å². The zero-order valence-electron chi connectivity index (χ0n) is 21.4. The number of likely N-dealkylation sites (tertiary alicyclic amines) is 1. The molecule has 4 rings (SSSR count). The van der Waals surface area contributed by atoms with Gasteiger partial charge in [-0.1, -0.05) is 29.8 Å². The number of aliphatic hydroxyl groups excluding tert-OH is 1. The van der Waals surface area contributed by atoms with E-state index >= 15 is 0 Å². The number of aliphatic carboxylic acids is 1. The summed E-state index contributed by atoms with van der Waals surface area (Å²) in [5.74, 6) is -0.319. The maximum atomic E-state index is 12.1. The molecule has 6 nitrogen and oxygen atoms in total. The van der Waals surface area contributed by atoms with Crippen LogP contribution in [0.5, 0.6) is 5.75 Å². The van der Waals surface area contributed by atoms with Crippen LogP contribution in [0.4, 0.5) is 0 Å². The Hall–Kier alpha value is -2.96. The van der Waals surface area contributed by atoms with E-state index in [1.165, 1.54) is 11.1 Å². The Bertz CT molecular complexity index is 1150. The molecule has 1 aromatic heterocycles. The minimum atomic E-state index is -0.724. The molecule has 6 heteroatoms. The number of ether oxygens (including phenoxy) is 1. The van der Waals surface area contributed by atoms with Crippen molar-refractivity contribution in [3.05, 3.63) is 71.4 Å². The summed E-state index contributed by atoms with van der Waals surface area (Å²) in [7, 11) is 1.62. The monoisotopic (exact) mass is 490 g/mol. The van der Waals surface area contributed by atoms with Gasteiger partial charge in [0.05, 0.1) is 24.6 Å². The van der Waals surface area contributed by atoms with E-state index in [0.29, 0.717) is 19.4 Å². The molecule has 0 saturated carbocycles. The number of carboxylic acids is 1. The van der Waals surface area contributed by atoms with E-state index in [1.54, 1.807) is 13.3 Å². The molecule has 1 fully saturated rings. The first-order valence-electron chi connectivity index (χ1n) is 13.1. The van der Waals surface area contributed by atoms with Gasteiger partial charge in [0.1, 0.15) is 5.75 Å². The van der Waals surface area contributed by atoms with Gasteiger partial charge in [-0.05, 0) is 99.8 Å². The highest BCUT2D eigenvalue weighted by Crippen LogP contribution is 2.33. The summed E-state index contributed by atoms with van der Waals surface area (Å²) in [5, 5.41) is 21.8. The predicted octanol–water partition coefficient (Wildman–Crippen LogP) is 5.41. The summed E-state index contributed by atoms with van der Waals surface area (Å²) in [6, 6.07) is 16.2. The summed E-state index contributed by atoms with van der Waals surface area (Å²) in [5.41, 5.74) is 4.27. The minimum Gasteiger partial charge on any atom is -0.497 e. The number of fused-ring (bicyclic) bond motifs is 1. The van der Waals surface area contributed by atoms with Crippen LogP contribution in [0.25, 0.3) is 10.9 Å². The molecule has 0 radical (unpaired) electrons. The largest absolute Gasteiger partial charge is 0.497 e. The number of benzene rings is 2. The number of unbranched alkanes of at least 4 members (excludes halogenated alkanes) is 1. The number of pyridine rings is 1. The second-order valence-corrected chi connectivity index (χ2v) is 10.1. The van der Waals surface area contributed by atoms with Gasteiger partial charge in [-0.15, -0.1) is 0 Å². The molecular formula is C30H38N2O4. The Kier molecular flexibility index (Phi) is 8.94. The summed E-state index contributed by atoms with van der Waals surface area (Å²) < 4.78 is 5.35. The second kappa shape index (κ2) is 12.3. The molecule has 2 N–H and O–H groups in total. The topological polar surface area (TPSA) is 82.9 Å². The summed E-state index contributed by atoms with van der Waals surface area (Å²) in [6.07, 6.45) is 6.36. The Labute approximate surface area is 213 Å². The summed E-state index contributed by atoms with van der Waals surface area (Å²) in [4.78, 5) is 18.8. The van der Waals surface area contributed by atoms with Crippen LogP contribution in [0.15, 0.2) is 54.7 Å². The van der Waals surface area contributed by atoms with Gasteiger partial charge >= 0.3 is 5.97 Å². The Morgan fingerprint density at radius 3 is 2.72 bits per heavy atom. The first kappa shape index (κ1) is 26.1. The number of hydrogen-bond donors (Lipinski definition) is 2. The fraction of sp³-hybridized carbons (Fsp3) is 0.467. The van der Waals surface area contributed by atoms with Crippen molar-refractivity contribution < 1.29 is 19.7 Å². The third kappa shape index (κ3) is 6.62. The minimum absolute atomic E-state index is 0.0728. The molecule has 3 aromatic rings. The Morgan fingerprint density at radius 1 is 1.17 bits per heavy atom. The number of nitrogens with zero attached hydrogens (tertiary/aromatic N) is 2. The van der Waals surface area contributed by atoms with Crippen molar-refractivity contribution in [2.24, 2.45) is 11.8 Å². The fourth-order valence-electron chi connectivity index (χ4n) is 5.41. The van der Waals surface area contributed by atoms with E-state index < -0.39 is 18.0 Å². The summed E-state index contributed by atoms with van der Waals surface area (Å²) in [6.45, 7) is 4.56. The van der Waals surface area contributed by atoms with Gasteiger partial charge in [0, 0.05) is 18.1 Å². The standard InChI is InChI=1S/C30H38N2O4/c1-21-6-8-22(9-7-21)5-3-4-17-32-18-15-23(27(20-32)30(34)35)10-13-29(33)25-14-16-31-28-12-11-24(36-2)19-26(25)28/h6-9,11-12,14,16,19,23,27,29,33H,3-5,10,13,15,17-18,20H2,1-2H3,(H,34,35)/t23-,27+,29-/m1/s1. The molecule has 2 heterocycles. The van der Waals surface area contributed by atoms with Gasteiger partial charge in [0.25, 0.3) is 0 Å². The zero-order chi connectivity index (χ0) is 25.5. The maximum absolute atomic E-state index is 12.1. The van der Waals surface area contributed by atoms with E-state index in [1.807, 2.05) is 24.3 Å². The smallest absolute Gasteiger partial charge is 0.308 e. The van der Waals surface area contributed by atoms with E-state index in [-0.39, 0.29) is 5.92 Å². The van der Waals surface area contributed by atoms with Crippen LogP contribution in [0, 0.1) is 18.8 Å². The lowest BCUT2D eigenvalue weighted by atomic mass is 9.81. The Balaban J connectivity index is 1.29. The average Bonchev–Trinajstić information content (AvgIpc) is 2.90. The molecule has 1 aliphatic rings. The number of aryl methyl sites for hydroxylation is 2. The SMILES string of the molecule is COc1ccc2nccc([C@H](O)CC[C@@H]3CCN(CCCCc4ccc(C)cc4)C[C@@H]3C(=O)O)c2c1.